The molecule has 0 spiro atoms. The van der Waals surface area contributed by atoms with Gasteiger partial charge in [0.05, 0.1) is 23.6 Å². The fourth-order valence-corrected chi connectivity index (χ4v) is 1.50. The molecule has 0 saturated carbocycles. The predicted molar refractivity (Wildman–Crippen MR) is 64.9 cm³/mol. The van der Waals surface area contributed by atoms with Crippen LogP contribution in [0.5, 0.6) is 0 Å². The quantitative estimate of drug-likeness (QED) is 0.858. The van der Waals surface area contributed by atoms with Crippen molar-refractivity contribution < 1.29 is 9.18 Å². The van der Waals surface area contributed by atoms with Crippen molar-refractivity contribution in [2.24, 2.45) is 7.05 Å². The number of aryl methyl sites for hydroxylation is 1. The molecular weight excluding hydrogens is 237 g/mol. The lowest BCUT2D eigenvalue weighted by atomic mass is 10.2. The molecule has 0 aromatic carbocycles. The number of aromatic nitrogens is 3. The average molecular weight is 249 g/mol. The predicted octanol–water partition coefficient (Wildman–Crippen LogP) is 1.25. The number of carbonyl (C=O) groups excluding carboxylic acids is 1. The molecule has 0 atom stereocenters. The molecule has 6 nitrogen and oxygen atoms in total. The summed E-state index contributed by atoms with van der Waals surface area (Å²) in [7, 11) is 3.35. The molecule has 0 fully saturated rings. The monoisotopic (exact) mass is 249 g/mol. The van der Waals surface area contributed by atoms with Gasteiger partial charge in [0.15, 0.2) is 0 Å². The van der Waals surface area contributed by atoms with Crippen molar-refractivity contribution in [1.82, 2.24) is 14.8 Å². The smallest absolute Gasteiger partial charge is 0.259 e. The zero-order valence-electron chi connectivity index (χ0n) is 9.94. The summed E-state index contributed by atoms with van der Waals surface area (Å²) in [5.41, 5.74) is 0.676. The molecule has 18 heavy (non-hydrogen) atoms. The first-order chi connectivity index (χ1) is 8.60. The molecule has 2 N–H and O–H groups in total. The van der Waals surface area contributed by atoms with Crippen LogP contribution >= 0.6 is 0 Å². The van der Waals surface area contributed by atoms with E-state index in [0.717, 1.165) is 12.3 Å². The summed E-state index contributed by atoms with van der Waals surface area (Å²) >= 11 is 0. The summed E-state index contributed by atoms with van der Waals surface area (Å²) in [6.45, 7) is 0. The van der Waals surface area contributed by atoms with Crippen molar-refractivity contribution >= 4 is 17.4 Å². The van der Waals surface area contributed by atoms with Crippen molar-refractivity contribution in [2.45, 2.75) is 0 Å². The normalized spacial score (nSPS) is 10.2. The number of nitrogens with one attached hydrogen (secondary N) is 2. The Morgan fingerprint density at radius 2 is 2.22 bits per heavy atom. The van der Waals surface area contributed by atoms with Gasteiger partial charge in [0.2, 0.25) is 0 Å². The maximum absolute atomic E-state index is 13.1. The zero-order valence-corrected chi connectivity index (χ0v) is 9.94. The number of hydrogen-bond donors (Lipinski definition) is 2. The summed E-state index contributed by atoms with van der Waals surface area (Å²) in [5, 5.41) is 9.27. The molecule has 2 rings (SSSR count). The maximum atomic E-state index is 13.1. The highest BCUT2D eigenvalue weighted by Crippen LogP contribution is 2.15. The maximum Gasteiger partial charge on any atom is 0.259 e. The molecule has 0 bridgehead atoms. The average Bonchev–Trinajstić information content (AvgIpc) is 2.74. The van der Waals surface area contributed by atoms with Crippen molar-refractivity contribution in [3.8, 4) is 0 Å². The molecule has 0 radical (unpaired) electrons. The van der Waals surface area contributed by atoms with Crippen molar-refractivity contribution in [1.29, 1.82) is 0 Å². The number of amides is 1. The van der Waals surface area contributed by atoms with Gasteiger partial charge in [0.1, 0.15) is 11.6 Å². The van der Waals surface area contributed by atoms with Crippen molar-refractivity contribution in [3.05, 3.63) is 36.0 Å². The van der Waals surface area contributed by atoms with E-state index in [4.69, 9.17) is 0 Å². The minimum absolute atomic E-state index is 0.140. The molecule has 94 valence electrons. The van der Waals surface area contributed by atoms with E-state index in [1.807, 2.05) is 0 Å². The zero-order chi connectivity index (χ0) is 13.1. The minimum Gasteiger partial charge on any atom is -0.372 e. The van der Waals surface area contributed by atoms with Crippen LogP contribution in [0.3, 0.4) is 0 Å². The number of pyridine rings is 1. The van der Waals surface area contributed by atoms with Gasteiger partial charge in [0, 0.05) is 20.3 Å². The Bertz CT molecular complexity index is 581. The third-order valence-corrected chi connectivity index (χ3v) is 2.30. The van der Waals surface area contributed by atoms with E-state index in [-0.39, 0.29) is 5.56 Å². The summed E-state index contributed by atoms with van der Waals surface area (Å²) < 4.78 is 14.7. The van der Waals surface area contributed by atoms with Crippen LogP contribution in [0.1, 0.15) is 10.4 Å². The van der Waals surface area contributed by atoms with Crippen LogP contribution in [0.4, 0.5) is 15.9 Å². The second kappa shape index (κ2) is 4.82. The second-order valence-corrected chi connectivity index (χ2v) is 3.66. The second-order valence-electron chi connectivity index (χ2n) is 3.66. The number of halogens is 1. The Kier molecular flexibility index (Phi) is 3.22. The van der Waals surface area contributed by atoms with E-state index in [0.29, 0.717) is 11.5 Å². The Balaban J connectivity index is 2.25. The fourth-order valence-electron chi connectivity index (χ4n) is 1.50. The van der Waals surface area contributed by atoms with Gasteiger partial charge in [-0.15, -0.1) is 0 Å². The number of nitrogens with zero attached hydrogens (tertiary/aromatic N) is 3. The number of hydrogen-bond acceptors (Lipinski definition) is 4. The fraction of sp³-hybridized carbons (Fsp3) is 0.182. The summed E-state index contributed by atoms with van der Waals surface area (Å²) in [6.07, 6.45) is 4.19. The molecule has 0 saturated heterocycles. The highest BCUT2D eigenvalue weighted by atomic mass is 19.1. The lowest BCUT2D eigenvalue weighted by Gasteiger charge is -2.07. The SMILES string of the molecule is CNc1ncc(F)cc1C(=O)Nc1cnn(C)c1. The van der Waals surface area contributed by atoms with Gasteiger partial charge in [-0.05, 0) is 6.07 Å². The van der Waals surface area contributed by atoms with Gasteiger partial charge >= 0.3 is 0 Å². The van der Waals surface area contributed by atoms with Gasteiger partial charge in [-0.3, -0.25) is 9.48 Å². The molecule has 7 heteroatoms. The standard InChI is InChI=1S/C11H12FN5O/c1-13-10-9(3-7(12)4-14-10)11(18)16-8-5-15-17(2)6-8/h3-6H,1-2H3,(H,13,14)(H,16,18). The van der Waals surface area contributed by atoms with Crippen LogP contribution < -0.4 is 10.6 Å². The van der Waals surface area contributed by atoms with Crippen LogP contribution in [0.2, 0.25) is 0 Å². The van der Waals surface area contributed by atoms with E-state index in [1.54, 1.807) is 25.0 Å². The first-order valence-electron chi connectivity index (χ1n) is 5.23. The summed E-state index contributed by atoms with van der Waals surface area (Å²) in [6, 6.07) is 1.13. The molecule has 0 unspecified atom stereocenters. The minimum atomic E-state index is -0.565. The Morgan fingerprint density at radius 1 is 1.44 bits per heavy atom. The molecule has 2 aromatic heterocycles. The highest BCUT2D eigenvalue weighted by molar-refractivity contribution is 6.07. The third kappa shape index (κ3) is 2.45. The first kappa shape index (κ1) is 12.0. The molecular formula is C11H12FN5O. The third-order valence-electron chi connectivity index (χ3n) is 2.30. The molecule has 0 aliphatic heterocycles. The first-order valence-corrected chi connectivity index (χ1v) is 5.23. The van der Waals surface area contributed by atoms with Crippen LogP contribution in [-0.2, 0) is 7.05 Å². The van der Waals surface area contributed by atoms with Gasteiger partial charge < -0.3 is 10.6 Å². The van der Waals surface area contributed by atoms with Crippen molar-refractivity contribution in [3.63, 3.8) is 0 Å². The molecule has 0 aliphatic carbocycles. The Morgan fingerprint density at radius 3 is 2.83 bits per heavy atom. The topological polar surface area (TPSA) is 71.8 Å². The van der Waals surface area contributed by atoms with E-state index in [1.165, 1.54) is 6.20 Å². The van der Waals surface area contributed by atoms with E-state index >= 15 is 0 Å². The van der Waals surface area contributed by atoms with Gasteiger partial charge in [-0.2, -0.15) is 5.10 Å². The molecule has 2 aromatic rings. The lowest BCUT2D eigenvalue weighted by Crippen LogP contribution is -2.15. The highest BCUT2D eigenvalue weighted by Gasteiger charge is 2.14. The van der Waals surface area contributed by atoms with E-state index < -0.39 is 11.7 Å². The van der Waals surface area contributed by atoms with Crippen molar-refractivity contribution in [2.75, 3.05) is 17.7 Å². The largest absolute Gasteiger partial charge is 0.372 e. The lowest BCUT2D eigenvalue weighted by molar-refractivity contribution is 0.102. The Hall–Kier alpha value is -2.44. The van der Waals surface area contributed by atoms with Gasteiger partial charge in [-0.1, -0.05) is 0 Å². The van der Waals surface area contributed by atoms with Gasteiger partial charge in [0.25, 0.3) is 5.91 Å². The molecule has 0 aliphatic rings. The van der Waals surface area contributed by atoms with E-state index in [2.05, 4.69) is 20.7 Å². The number of anilines is 2. The number of carbonyl (C=O) groups is 1. The van der Waals surface area contributed by atoms with Crippen LogP contribution in [0.25, 0.3) is 0 Å². The van der Waals surface area contributed by atoms with Crippen LogP contribution in [0, 0.1) is 5.82 Å². The van der Waals surface area contributed by atoms with E-state index in [9.17, 15) is 9.18 Å². The summed E-state index contributed by atoms with van der Waals surface area (Å²) in [4.78, 5) is 15.8. The summed E-state index contributed by atoms with van der Waals surface area (Å²) in [5.74, 6) is -0.692. The molecule has 1 amide bonds. The van der Waals surface area contributed by atoms with Gasteiger partial charge in [-0.25, -0.2) is 9.37 Å². The Labute approximate surface area is 103 Å². The molecule has 2 heterocycles. The van der Waals surface area contributed by atoms with Crippen LogP contribution in [0.15, 0.2) is 24.7 Å². The number of rotatable bonds is 3. The van der Waals surface area contributed by atoms with Crippen LogP contribution in [-0.4, -0.2) is 27.7 Å².